The molecule has 1 rings (SSSR count). The summed E-state index contributed by atoms with van der Waals surface area (Å²) in [5.74, 6) is 0. The summed E-state index contributed by atoms with van der Waals surface area (Å²) in [6, 6.07) is 5.65. The molecule has 2 N–H and O–H groups in total. The summed E-state index contributed by atoms with van der Waals surface area (Å²) in [7, 11) is 0. The van der Waals surface area contributed by atoms with Crippen LogP contribution in [-0.2, 0) is 9.47 Å². The van der Waals surface area contributed by atoms with Gasteiger partial charge in [-0.2, -0.15) is 0 Å². The number of pyridine rings is 1. The Morgan fingerprint density at radius 1 is 1.18 bits per heavy atom. The number of hydrogen-bond donors (Lipinski definition) is 1. The van der Waals surface area contributed by atoms with Crippen LogP contribution in [-0.4, -0.2) is 30.3 Å². The van der Waals surface area contributed by atoms with Crippen LogP contribution >= 0.6 is 0 Å². The third-order valence-electron chi connectivity index (χ3n) is 2.29. The van der Waals surface area contributed by atoms with Crippen molar-refractivity contribution in [2.24, 2.45) is 5.73 Å². The SMILES string of the molecule is CC(C)OCCOC(c1ccccn1)C(C)N. The normalized spacial score (nSPS) is 14.9. The van der Waals surface area contributed by atoms with Crippen LogP contribution < -0.4 is 5.73 Å². The van der Waals surface area contributed by atoms with Crippen molar-refractivity contribution in [3.05, 3.63) is 30.1 Å². The van der Waals surface area contributed by atoms with Crippen molar-refractivity contribution in [1.82, 2.24) is 4.98 Å². The van der Waals surface area contributed by atoms with E-state index < -0.39 is 0 Å². The molecule has 96 valence electrons. The largest absolute Gasteiger partial charge is 0.376 e. The number of ether oxygens (including phenoxy) is 2. The van der Waals surface area contributed by atoms with Crippen molar-refractivity contribution in [1.29, 1.82) is 0 Å². The fourth-order valence-electron chi connectivity index (χ4n) is 1.51. The van der Waals surface area contributed by atoms with Crippen molar-refractivity contribution < 1.29 is 9.47 Å². The molecule has 0 saturated heterocycles. The van der Waals surface area contributed by atoms with Gasteiger partial charge in [-0.25, -0.2) is 0 Å². The Morgan fingerprint density at radius 2 is 1.88 bits per heavy atom. The number of rotatable bonds is 7. The van der Waals surface area contributed by atoms with Crippen LogP contribution in [0.4, 0.5) is 0 Å². The fraction of sp³-hybridized carbons (Fsp3) is 0.615. The molecule has 4 heteroatoms. The number of nitrogens with zero attached hydrogens (tertiary/aromatic N) is 1. The van der Waals surface area contributed by atoms with Crippen LogP contribution in [0.15, 0.2) is 24.4 Å². The summed E-state index contributed by atoms with van der Waals surface area (Å²) in [5.41, 5.74) is 6.77. The molecule has 0 aromatic carbocycles. The smallest absolute Gasteiger partial charge is 0.114 e. The molecular formula is C13H22N2O2. The van der Waals surface area contributed by atoms with E-state index in [-0.39, 0.29) is 18.2 Å². The molecule has 0 aliphatic carbocycles. The predicted molar refractivity (Wildman–Crippen MR) is 67.7 cm³/mol. The van der Waals surface area contributed by atoms with Gasteiger partial charge in [-0.1, -0.05) is 6.07 Å². The van der Waals surface area contributed by atoms with Crippen LogP contribution in [0.5, 0.6) is 0 Å². The minimum Gasteiger partial charge on any atom is -0.376 e. The van der Waals surface area contributed by atoms with E-state index in [4.69, 9.17) is 15.2 Å². The molecule has 0 aliphatic rings. The van der Waals surface area contributed by atoms with Gasteiger partial charge in [-0.15, -0.1) is 0 Å². The Kier molecular flexibility index (Phi) is 6.11. The number of hydrogen-bond acceptors (Lipinski definition) is 4. The first-order valence-electron chi connectivity index (χ1n) is 6.01. The first kappa shape index (κ1) is 14.1. The van der Waals surface area contributed by atoms with Crippen LogP contribution in [0.1, 0.15) is 32.6 Å². The van der Waals surface area contributed by atoms with Crippen molar-refractivity contribution in [3.63, 3.8) is 0 Å². The molecule has 2 atom stereocenters. The van der Waals surface area contributed by atoms with Crippen molar-refractivity contribution in [2.75, 3.05) is 13.2 Å². The Labute approximate surface area is 103 Å². The Bertz CT molecular complexity index is 302. The highest BCUT2D eigenvalue weighted by Gasteiger charge is 2.17. The average molecular weight is 238 g/mol. The van der Waals surface area contributed by atoms with E-state index in [0.717, 1.165) is 5.69 Å². The monoisotopic (exact) mass is 238 g/mol. The van der Waals surface area contributed by atoms with Gasteiger partial charge in [-0.05, 0) is 32.9 Å². The topological polar surface area (TPSA) is 57.4 Å². The van der Waals surface area contributed by atoms with Gasteiger partial charge in [0.25, 0.3) is 0 Å². The Hall–Kier alpha value is -0.970. The zero-order chi connectivity index (χ0) is 12.7. The maximum Gasteiger partial charge on any atom is 0.114 e. The Morgan fingerprint density at radius 3 is 2.41 bits per heavy atom. The zero-order valence-electron chi connectivity index (χ0n) is 10.8. The molecule has 1 aromatic heterocycles. The van der Waals surface area contributed by atoms with E-state index in [2.05, 4.69) is 4.98 Å². The fourth-order valence-corrected chi connectivity index (χ4v) is 1.51. The van der Waals surface area contributed by atoms with Crippen molar-refractivity contribution in [2.45, 2.75) is 39.0 Å². The number of nitrogens with two attached hydrogens (primary N) is 1. The van der Waals surface area contributed by atoms with Gasteiger partial charge in [0, 0.05) is 12.2 Å². The summed E-state index contributed by atoms with van der Waals surface area (Å²) >= 11 is 0. The predicted octanol–water partition coefficient (Wildman–Crippen LogP) is 1.91. The van der Waals surface area contributed by atoms with Crippen LogP contribution in [0.2, 0.25) is 0 Å². The Balaban J connectivity index is 2.45. The first-order valence-corrected chi connectivity index (χ1v) is 6.01. The van der Waals surface area contributed by atoms with E-state index in [9.17, 15) is 0 Å². The lowest BCUT2D eigenvalue weighted by atomic mass is 10.1. The molecule has 0 fully saturated rings. The van der Waals surface area contributed by atoms with Crippen LogP contribution in [0, 0.1) is 0 Å². The molecule has 1 aromatic rings. The molecule has 0 spiro atoms. The third kappa shape index (κ3) is 5.26. The van der Waals surface area contributed by atoms with Crippen LogP contribution in [0.25, 0.3) is 0 Å². The minimum absolute atomic E-state index is 0.0936. The quantitative estimate of drug-likeness (QED) is 0.737. The van der Waals surface area contributed by atoms with E-state index in [1.54, 1.807) is 6.20 Å². The highest BCUT2D eigenvalue weighted by atomic mass is 16.5. The second-order valence-electron chi connectivity index (χ2n) is 4.32. The van der Waals surface area contributed by atoms with E-state index >= 15 is 0 Å². The molecule has 0 bridgehead atoms. The lowest BCUT2D eigenvalue weighted by molar-refractivity contribution is -0.0215. The van der Waals surface area contributed by atoms with E-state index in [0.29, 0.717) is 13.2 Å². The third-order valence-corrected chi connectivity index (χ3v) is 2.29. The summed E-state index contributed by atoms with van der Waals surface area (Å²) in [6.45, 7) is 7.03. The molecule has 0 aliphatic heterocycles. The summed E-state index contributed by atoms with van der Waals surface area (Å²) in [5, 5.41) is 0. The van der Waals surface area contributed by atoms with Gasteiger partial charge in [0.15, 0.2) is 0 Å². The second kappa shape index (κ2) is 7.37. The highest BCUT2D eigenvalue weighted by molar-refractivity contribution is 5.08. The number of aromatic nitrogens is 1. The standard InChI is InChI=1S/C13H22N2O2/c1-10(2)16-8-9-17-13(11(3)14)12-6-4-5-7-15-12/h4-7,10-11,13H,8-9,14H2,1-3H3. The minimum atomic E-state index is -0.174. The summed E-state index contributed by atoms with van der Waals surface area (Å²) in [6.07, 6.45) is 1.80. The highest BCUT2D eigenvalue weighted by Crippen LogP contribution is 2.17. The van der Waals surface area contributed by atoms with E-state index in [1.165, 1.54) is 0 Å². The first-order chi connectivity index (χ1) is 8.11. The second-order valence-corrected chi connectivity index (χ2v) is 4.32. The van der Waals surface area contributed by atoms with Gasteiger partial charge >= 0.3 is 0 Å². The zero-order valence-corrected chi connectivity index (χ0v) is 10.8. The summed E-state index contributed by atoms with van der Waals surface area (Å²) in [4.78, 5) is 4.27. The molecule has 2 unspecified atom stereocenters. The van der Waals surface area contributed by atoms with Crippen molar-refractivity contribution >= 4 is 0 Å². The van der Waals surface area contributed by atoms with Gasteiger partial charge in [0.1, 0.15) is 6.10 Å². The maximum atomic E-state index is 5.90. The molecule has 0 amide bonds. The van der Waals surface area contributed by atoms with Crippen molar-refractivity contribution in [3.8, 4) is 0 Å². The van der Waals surface area contributed by atoms with Gasteiger partial charge in [-0.3, -0.25) is 4.98 Å². The lowest BCUT2D eigenvalue weighted by Gasteiger charge is -2.21. The molecule has 0 radical (unpaired) electrons. The molecule has 17 heavy (non-hydrogen) atoms. The van der Waals surface area contributed by atoms with Gasteiger partial charge in [0.2, 0.25) is 0 Å². The van der Waals surface area contributed by atoms with E-state index in [1.807, 2.05) is 39.0 Å². The lowest BCUT2D eigenvalue weighted by Crippen LogP contribution is -2.28. The molecule has 4 nitrogen and oxygen atoms in total. The van der Waals surface area contributed by atoms with Gasteiger partial charge in [0.05, 0.1) is 25.0 Å². The molecule has 1 heterocycles. The van der Waals surface area contributed by atoms with Crippen LogP contribution in [0.3, 0.4) is 0 Å². The average Bonchev–Trinajstić information content (AvgIpc) is 2.29. The molecular weight excluding hydrogens is 216 g/mol. The summed E-state index contributed by atoms with van der Waals surface area (Å²) < 4.78 is 11.1. The van der Waals surface area contributed by atoms with Gasteiger partial charge < -0.3 is 15.2 Å². The molecule has 0 saturated carbocycles. The maximum absolute atomic E-state index is 5.90.